The average Bonchev–Trinajstić information content (AvgIpc) is 3.09. The van der Waals surface area contributed by atoms with Gasteiger partial charge in [0.05, 0.1) is 0 Å². The van der Waals surface area contributed by atoms with Crippen molar-refractivity contribution in [3.8, 4) is 0 Å². The van der Waals surface area contributed by atoms with Gasteiger partial charge in [0, 0.05) is 19.3 Å². The molecule has 0 aromatic carbocycles. The first-order valence-electron chi connectivity index (χ1n) is 21.9. The second kappa shape index (κ2) is 38.6. The van der Waals surface area contributed by atoms with Crippen molar-refractivity contribution in [3.63, 3.8) is 0 Å². The second-order valence-corrected chi connectivity index (χ2v) is 15.5. The van der Waals surface area contributed by atoms with Gasteiger partial charge >= 0.3 is 17.9 Å². The molecule has 0 N–H and O–H groups in total. The van der Waals surface area contributed by atoms with Crippen molar-refractivity contribution in [2.75, 3.05) is 13.2 Å². The highest BCUT2D eigenvalue weighted by atomic mass is 16.6. The van der Waals surface area contributed by atoms with Gasteiger partial charge in [0.1, 0.15) is 13.2 Å². The van der Waals surface area contributed by atoms with E-state index in [2.05, 4.69) is 27.7 Å². The average molecular weight is 709 g/mol. The lowest BCUT2D eigenvalue weighted by Crippen LogP contribution is -2.30. The number of rotatable bonds is 39. The predicted octanol–water partition coefficient (Wildman–Crippen LogP) is 13.6. The first-order valence-corrected chi connectivity index (χ1v) is 21.9. The summed E-state index contributed by atoms with van der Waals surface area (Å²) in [7, 11) is 0. The first-order chi connectivity index (χ1) is 24.4. The molecule has 6 heteroatoms. The molecule has 0 aromatic heterocycles. The zero-order valence-corrected chi connectivity index (χ0v) is 33.9. The molecule has 0 rings (SSSR count). The highest BCUT2D eigenvalue weighted by molar-refractivity contribution is 5.71. The molecule has 0 aromatic rings. The number of hydrogen-bond acceptors (Lipinski definition) is 6. The fourth-order valence-electron chi connectivity index (χ4n) is 6.45. The van der Waals surface area contributed by atoms with Gasteiger partial charge in [-0.25, -0.2) is 0 Å². The molecule has 1 atom stereocenters. The maximum Gasteiger partial charge on any atom is 0.306 e. The highest BCUT2D eigenvalue weighted by Gasteiger charge is 2.19. The smallest absolute Gasteiger partial charge is 0.306 e. The second-order valence-electron chi connectivity index (χ2n) is 15.5. The quantitative estimate of drug-likeness (QED) is 0.0359. The molecule has 0 heterocycles. The molecule has 0 fully saturated rings. The van der Waals surface area contributed by atoms with E-state index in [1.165, 1.54) is 128 Å². The molecule has 6 nitrogen and oxygen atoms in total. The first kappa shape index (κ1) is 48.4. The Morgan fingerprint density at radius 3 is 0.980 bits per heavy atom. The van der Waals surface area contributed by atoms with Crippen LogP contribution >= 0.6 is 0 Å². The van der Waals surface area contributed by atoms with Crippen LogP contribution in [0.15, 0.2) is 0 Å². The van der Waals surface area contributed by atoms with Gasteiger partial charge in [-0.3, -0.25) is 14.4 Å². The molecule has 0 spiro atoms. The summed E-state index contributed by atoms with van der Waals surface area (Å²) in [5.74, 6) is -0.0654. The molecule has 0 amide bonds. The summed E-state index contributed by atoms with van der Waals surface area (Å²) < 4.78 is 16.6. The van der Waals surface area contributed by atoms with Gasteiger partial charge in [-0.05, 0) is 25.2 Å². The number of carbonyl (C=O) groups excluding carboxylic acids is 3. The Kier molecular flexibility index (Phi) is 37.4. The molecule has 296 valence electrons. The minimum Gasteiger partial charge on any atom is -0.462 e. The van der Waals surface area contributed by atoms with Crippen LogP contribution in [0.3, 0.4) is 0 Å². The number of hydrogen-bond donors (Lipinski definition) is 0. The molecule has 0 aliphatic carbocycles. The van der Waals surface area contributed by atoms with Crippen LogP contribution in [-0.2, 0) is 28.6 Å². The van der Waals surface area contributed by atoms with E-state index in [1.54, 1.807) is 0 Å². The topological polar surface area (TPSA) is 78.9 Å². The van der Waals surface area contributed by atoms with Crippen LogP contribution in [0.5, 0.6) is 0 Å². The number of esters is 3. The summed E-state index contributed by atoms with van der Waals surface area (Å²) in [6.07, 6.45) is 36.9. The van der Waals surface area contributed by atoms with Crippen molar-refractivity contribution in [2.45, 2.75) is 246 Å². The third kappa shape index (κ3) is 37.7. The molecular formula is C44H84O6. The molecule has 0 saturated carbocycles. The van der Waals surface area contributed by atoms with Gasteiger partial charge in [-0.2, -0.15) is 0 Å². The van der Waals surface area contributed by atoms with Crippen LogP contribution in [0.4, 0.5) is 0 Å². The van der Waals surface area contributed by atoms with Crippen LogP contribution in [0.25, 0.3) is 0 Å². The van der Waals surface area contributed by atoms with E-state index in [0.29, 0.717) is 19.3 Å². The van der Waals surface area contributed by atoms with E-state index in [0.717, 1.165) is 70.1 Å². The van der Waals surface area contributed by atoms with Crippen LogP contribution in [0.2, 0.25) is 0 Å². The standard InChI is InChI=1S/C44H84O6/c1-5-7-9-11-12-13-14-15-16-17-18-21-24-28-32-36-43(46)49-39-41(38-48-42(45)35-31-26-10-8-6-2)50-44(47)37-33-29-25-22-19-20-23-27-30-34-40(3)4/h40-41H,5-39H2,1-4H3/t41-/m1/s1. The third-order valence-electron chi connectivity index (χ3n) is 9.79. The largest absolute Gasteiger partial charge is 0.462 e. The van der Waals surface area contributed by atoms with E-state index in [4.69, 9.17) is 14.2 Å². The zero-order valence-electron chi connectivity index (χ0n) is 33.9. The Hall–Kier alpha value is -1.59. The van der Waals surface area contributed by atoms with Crippen molar-refractivity contribution in [2.24, 2.45) is 5.92 Å². The number of carbonyl (C=O) groups is 3. The van der Waals surface area contributed by atoms with E-state index < -0.39 is 6.10 Å². The van der Waals surface area contributed by atoms with Crippen LogP contribution in [0, 0.1) is 5.92 Å². The SMILES string of the molecule is CCCCCCCCCCCCCCCCCC(=O)OC[C@@H](COC(=O)CCCCCCC)OC(=O)CCCCCCCCCCCC(C)C. The van der Waals surface area contributed by atoms with Gasteiger partial charge in [0.2, 0.25) is 0 Å². The minimum atomic E-state index is -0.757. The molecule has 50 heavy (non-hydrogen) atoms. The Balaban J connectivity index is 4.19. The lowest BCUT2D eigenvalue weighted by atomic mass is 10.0. The predicted molar refractivity (Wildman–Crippen MR) is 210 cm³/mol. The van der Waals surface area contributed by atoms with Gasteiger partial charge < -0.3 is 14.2 Å². The maximum atomic E-state index is 12.6. The Bertz CT molecular complexity index is 751. The maximum absolute atomic E-state index is 12.6. The van der Waals surface area contributed by atoms with E-state index in [-0.39, 0.29) is 31.1 Å². The van der Waals surface area contributed by atoms with Crippen LogP contribution < -0.4 is 0 Å². The van der Waals surface area contributed by atoms with E-state index in [1.807, 2.05) is 0 Å². The number of unbranched alkanes of at least 4 members (excludes halogenated alkanes) is 26. The Morgan fingerprint density at radius 1 is 0.380 bits per heavy atom. The summed E-state index contributed by atoms with van der Waals surface area (Å²) in [5, 5.41) is 0. The molecule has 0 bridgehead atoms. The fraction of sp³-hybridized carbons (Fsp3) is 0.932. The molecular weight excluding hydrogens is 624 g/mol. The third-order valence-corrected chi connectivity index (χ3v) is 9.79. The van der Waals surface area contributed by atoms with Gasteiger partial charge in [0.15, 0.2) is 6.10 Å². The van der Waals surface area contributed by atoms with E-state index >= 15 is 0 Å². The van der Waals surface area contributed by atoms with E-state index in [9.17, 15) is 14.4 Å². The monoisotopic (exact) mass is 709 g/mol. The summed E-state index contributed by atoms with van der Waals surface area (Å²) >= 11 is 0. The van der Waals surface area contributed by atoms with Crippen molar-refractivity contribution >= 4 is 17.9 Å². The highest BCUT2D eigenvalue weighted by Crippen LogP contribution is 2.16. The lowest BCUT2D eigenvalue weighted by molar-refractivity contribution is -0.167. The molecule has 0 radical (unpaired) electrons. The summed E-state index contributed by atoms with van der Waals surface area (Å²) in [6, 6.07) is 0. The van der Waals surface area contributed by atoms with Crippen molar-refractivity contribution in [3.05, 3.63) is 0 Å². The Morgan fingerprint density at radius 2 is 0.660 bits per heavy atom. The number of ether oxygens (including phenoxy) is 3. The fourth-order valence-corrected chi connectivity index (χ4v) is 6.45. The van der Waals surface area contributed by atoms with Gasteiger partial charge in [-0.15, -0.1) is 0 Å². The lowest BCUT2D eigenvalue weighted by Gasteiger charge is -2.18. The summed E-state index contributed by atoms with van der Waals surface area (Å²) in [6.45, 7) is 8.89. The summed E-state index contributed by atoms with van der Waals surface area (Å²) in [5.41, 5.74) is 0. The van der Waals surface area contributed by atoms with Crippen molar-refractivity contribution in [1.82, 2.24) is 0 Å². The minimum absolute atomic E-state index is 0.0652. The van der Waals surface area contributed by atoms with Crippen LogP contribution in [0.1, 0.15) is 240 Å². The van der Waals surface area contributed by atoms with Crippen molar-refractivity contribution in [1.29, 1.82) is 0 Å². The Labute approximate surface area is 310 Å². The summed E-state index contributed by atoms with van der Waals surface area (Å²) in [4.78, 5) is 37.4. The van der Waals surface area contributed by atoms with Crippen molar-refractivity contribution < 1.29 is 28.6 Å². The van der Waals surface area contributed by atoms with Gasteiger partial charge in [0.25, 0.3) is 0 Å². The molecule has 0 saturated heterocycles. The normalized spacial score (nSPS) is 11.9. The van der Waals surface area contributed by atoms with Gasteiger partial charge in [-0.1, -0.05) is 201 Å². The molecule has 0 unspecified atom stereocenters. The molecule has 0 aliphatic heterocycles. The van der Waals surface area contributed by atoms with Crippen LogP contribution in [-0.4, -0.2) is 37.2 Å². The molecule has 0 aliphatic rings. The zero-order chi connectivity index (χ0) is 36.8.